The first-order chi connectivity index (χ1) is 7.81. The van der Waals surface area contributed by atoms with Crippen molar-refractivity contribution in [3.05, 3.63) is 11.7 Å². The van der Waals surface area contributed by atoms with Gasteiger partial charge >= 0.3 is 0 Å². The highest BCUT2D eigenvalue weighted by Gasteiger charge is 2.29. The number of nitrogens with two attached hydrogens (primary N) is 1. The molecule has 2 N–H and O–H groups in total. The van der Waals surface area contributed by atoms with Crippen molar-refractivity contribution < 1.29 is 14.0 Å². The Labute approximate surface area is 94.1 Å². The van der Waals surface area contributed by atoms with Crippen LogP contribution in [-0.2, 0) is 16.1 Å². The Bertz CT molecular complexity index is 329. The molecule has 0 amide bonds. The lowest BCUT2D eigenvalue weighted by Gasteiger charge is -2.25. The van der Waals surface area contributed by atoms with Gasteiger partial charge in [0.25, 0.3) is 0 Å². The zero-order valence-electron chi connectivity index (χ0n) is 9.39. The van der Waals surface area contributed by atoms with Crippen LogP contribution in [-0.4, -0.2) is 36.0 Å². The molecule has 1 saturated heterocycles. The largest absolute Gasteiger partial charge is 0.381 e. The molecule has 1 aliphatic rings. The van der Waals surface area contributed by atoms with Crippen molar-refractivity contribution in [1.29, 1.82) is 0 Å². The van der Waals surface area contributed by atoms with E-state index in [1.807, 2.05) is 6.92 Å². The number of hydrogen-bond acceptors (Lipinski definition) is 6. The first-order valence-corrected chi connectivity index (χ1v) is 5.54. The van der Waals surface area contributed by atoms with Crippen molar-refractivity contribution in [2.24, 2.45) is 5.73 Å². The molecule has 6 nitrogen and oxygen atoms in total. The smallest absolute Gasteiger partial charge is 0.233 e. The Morgan fingerprint density at radius 2 is 2.44 bits per heavy atom. The summed E-state index contributed by atoms with van der Waals surface area (Å²) in [6, 6.07) is 0.0362. The third-order valence-electron chi connectivity index (χ3n) is 2.65. The van der Waals surface area contributed by atoms with E-state index in [1.54, 1.807) is 0 Å². The fourth-order valence-electron chi connectivity index (χ4n) is 1.68. The summed E-state index contributed by atoms with van der Waals surface area (Å²) in [4.78, 5) is 4.26. The Kier molecular flexibility index (Phi) is 3.87. The number of hydrogen-bond donors (Lipinski definition) is 1. The van der Waals surface area contributed by atoms with Gasteiger partial charge in [-0.05, 0) is 13.3 Å². The Balaban J connectivity index is 1.99. The monoisotopic (exact) mass is 227 g/mol. The second kappa shape index (κ2) is 5.38. The van der Waals surface area contributed by atoms with Gasteiger partial charge in [0.1, 0.15) is 6.61 Å². The van der Waals surface area contributed by atoms with Crippen LogP contribution in [0.4, 0.5) is 0 Å². The summed E-state index contributed by atoms with van der Waals surface area (Å²) < 4.78 is 15.7. The van der Waals surface area contributed by atoms with E-state index in [9.17, 15) is 0 Å². The normalized spacial score (nSPS) is 25.9. The fraction of sp³-hybridized carbons (Fsp3) is 0.800. The van der Waals surface area contributed by atoms with Crippen LogP contribution < -0.4 is 5.73 Å². The maximum Gasteiger partial charge on any atom is 0.233 e. The summed E-state index contributed by atoms with van der Waals surface area (Å²) in [5, 5.41) is 3.84. The van der Waals surface area contributed by atoms with Gasteiger partial charge in [0.05, 0.1) is 12.5 Å². The van der Waals surface area contributed by atoms with Gasteiger partial charge in [-0.2, -0.15) is 4.98 Å². The third kappa shape index (κ3) is 2.58. The van der Waals surface area contributed by atoms with E-state index < -0.39 is 0 Å². The molecule has 0 spiro atoms. The molecule has 2 atom stereocenters. The van der Waals surface area contributed by atoms with Gasteiger partial charge in [-0.1, -0.05) is 5.16 Å². The van der Waals surface area contributed by atoms with Gasteiger partial charge in [0.15, 0.2) is 5.82 Å². The van der Waals surface area contributed by atoms with E-state index in [0.717, 1.165) is 6.42 Å². The molecule has 0 aromatic carbocycles. The predicted molar refractivity (Wildman–Crippen MR) is 55.8 cm³/mol. The highest BCUT2D eigenvalue weighted by molar-refractivity contribution is 4.99. The minimum absolute atomic E-state index is 0.0108. The van der Waals surface area contributed by atoms with Crippen LogP contribution in [0, 0.1) is 0 Å². The van der Waals surface area contributed by atoms with Gasteiger partial charge in [-0.15, -0.1) is 0 Å². The van der Waals surface area contributed by atoms with Crippen LogP contribution in [0.2, 0.25) is 0 Å². The first kappa shape index (κ1) is 11.5. The van der Waals surface area contributed by atoms with Gasteiger partial charge < -0.3 is 19.7 Å². The molecule has 1 aromatic heterocycles. The molecule has 0 bridgehead atoms. The average molecular weight is 227 g/mol. The number of ether oxygens (including phenoxy) is 2. The highest BCUT2D eigenvalue weighted by Crippen LogP contribution is 2.23. The molecule has 0 aliphatic carbocycles. The topological polar surface area (TPSA) is 83.4 Å². The van der Waals surface area contributed by atoms with Crippen LogP contribution in [0.25, 0.3) is 0 Å². The molecule has 2 heterocycles. The maximum atomic E-state index is 5.98. The second-order valence-electron chi connectivity index (χ2n) is 3.82. The lowest BCUT2D eigenvalue weighted by atomic mass is 9.97. The van der Waals surface area contributed by atoms with Gasteiger partial charge in [-0.3, -0.25) is 0 Å². The summed E-state index contributed by atoms with van der Waals surface area (Å²) in [5.74, 6) is 1.13. The van der Waals surface area contributed by atoms with Crippen molar-refractivity contribution in [2.75, 3.05) is 19.8 Å². The average Bonchev–Trinajstić information content (AvgIpc) is 2.75. The van der Waals surface area contributed by atoms with E-state index in [4.69, 9.17) is 19.7 Å². The maximum absolute atomic E-state index is 5.98. The minimum atomic E-state index is 0.0108. The van der Waals surface area contributed by atoms with Gasteiger partial charge in [-0.25, -0.2) is 0 Å². The molecule has 90 valence electrons. The van der Waals surface area contributed by atoms with E-state index in [1.165, 1.54) is 0 Å². The summed E-state index contributed by atoms with van der Waals surface area (Å²) >= 11 is 0. The van der Waals surface area contributed by atoms with Crippen LogP contribution in [0.15, 0.2) is 4.52 Å². The Morgan fingerprint density at radius 3 is 3.19 bits per heavy atom. The summed E-state index contributed by atoms with van der Waals surface area (Å²) in [6.07, 6.45) is 0.827. The molecule has 2 unspecified atom stereocenters. The van der Waals surface area contributed by atoms with Crippen molar-refractivity contribution in [1.82, 2.24) is 10.1 Å². The number of rotatable bonds is 4. The van der Waals surface area contributed by atoms with Crippen LogP contribution in [0.1, 0.15) is 31.0 Å². The zero-order chi connectivity index (χ0) is 11.4. The molecule has 1 aliphatic heterocycles. The standard InChI is InChI=1S/C10H17N3O3/c1-2-14-6-9-12-10(16-13-9)7-5-15-4-3-8(7)11/h7-8H,2-6,11H2,1H3. The van der Waals surface area contributed by atoms with Crippen molar-refractivity contribution >= 4 is 0 Å². The Morgan fingerprint density at radius 1 is 1.56 bits per heavy atom. The number of aromatic nitrogens is 2. The quantitative estimate of drug-likeness (QED) is 0.803. The van der Waals surface area contributed by atoms with Crippen molar-refractivity contribution in [2.45, 2.75) is 31.9 Å². The first-order valence-electron chi connectivity index (χ1n) is 5.54. The molecular weight excluding hydrogens is 210 g/mol. The fourth-order valence-corrected chi connectivity index (χ4v) is 1.68. The Hall–Kier alpha value is -0.980. The molecule has 16 heavy (non-hydrogen) atoms. The van der Waals surface area contributed by atoms with Crippen molar-refractivity contribution in [3.8, 4) is 0 Å². The van der Waals surface area contributed by atoms with Gasteiger partial charge in [0.2, 0.25) is 5.89 Å². The summed E-state index contributed by atoms with van der Waals surface area (Å²) in [6.45, 7) is 4.19. The molecule has 1 aromatic rings. The van der Waals surface area contributed by atoms with Crippen molar-refractivity contribution in [3.63, 3.8) is 0 Å². The summed E-state index contributed by atoms with van der Waals surface area (Å²) in [5.41, 5.74) is 5.98. The van der Waals surface area contributed by atoms with E-state index in [0.29, 0.717) is 38.1 Å². The minimum Gasteiger partial charge on any atom is -0.381 e. The van der Waals surface area contributed by atoms with E-state index >= 15 is 0 Å². The molecule has 2 rings (SSSR count). The van der Waals surface area contributed by atoms with Crippen LogP contribution >= 0.6 is 0 Å². The summed E-state index contributed by atoms with van der Waals surface area (Å²) in [7, 11) is 0. The number of nitrogens with zero attached hydrogens (tertiary/aromatic N) is 2. The molecule has 1 fully saturated rings. The predicted octanol–water partition coefficient (Wildman–Crippen LogP) is 0.437. The van der Waals surface area contributed by atoms with Gasteiger partial charge in [0, 0.05) is 19.3 Å². The third-order valence-corrected chi connectivity index (χ3v) is 2.65. The van der Waals surface area contributed by atoms with E-state index in [2.05, 4.69) is 10.1 Å². The van der Waals surface area contributed by atoms with E-state index in [-0.39, 0.29) is 12.0 Å². The molecule has 6 heteroatoms. The lowest BCUT2D eigenvalue weighted by Crippen LogP contribution is -2.37. The SMILES string of the molecule is CCOCc1noc(C2COCCC2N)n1. The molecule has 0 saturated carbocycles. The zero-order valence-corrected chi connectivity index (χ0v) is 9.39. The second-order valence-corrected chi connectivity index (χ2v) is 3.82. The molecule has 0 radical (unpaired) electrons. The lowest BCUT2D eigenvalue weighted by molar-refractivity contribution is 0.0590. The van der Waals surface area contributed by atoms with Crippen LogP contribution in [0.5, 0.6) is 0 Å². The molecular formula is C10H17N3O3. The highest BCUT2D eigenvalue weighted by atomic mass is 16.5. The van der Waals surface area contributed by atoms with Crippen LogP contribution in [0.3, 0.4) is 0 Å².